The summed E-state index contributed by atoms with van der Waals surface area (Å²) in [5.41, 5.74) is 2.57. The first-order valence-corrected chi connectivity index (χ1v) is 6.73. The van der Waals surface area contributed by atoms with Crippen molar-refractivity contribution in [1.82, 2.24) is 5.32 Å². The lowest BCUT2D eigenvalue weighted by Crippen LogP contribution is -2.22. The van der Waals surface area contributed by atoms with Crippen LogP contribution in [-0.4, -0.2) is 11.8 Å². The number of rotatable bonds is 4. The summed E-state index contributed by atoms with van der Waals surface area (Å²) < 4.78 is 0. The van der Waals surface area contributed by atoms with Crippen LogP contribution in [0.5, 0.6) is 0 Å². The summed E-state index contributed by atoms with van der Waals surface area (Å²) in [6.45, 7) is 1.78. The number of hydrogen-bond acceptors (Lipinski definition) is 3. The monoisotopic (exact) mass is 293 g/mol. The lowest BCUT2D eigenvalue weighted by molar-refractivity contribution is -0.114. The number of anilines is 1. The third kappa shape index (κ3) is 4.18. The summed E-state index contributed by atoms with van der Waals surface area (Å²) >= 11 is 0. The van der Waals surface area contributed by atoms with Crippen molar-refractivity contribution in [2.45, 2.75) is 13.5 Å². The SMILES string of the molecule is CC(=O)Nc1ccc(C(=O)NCc2cccc(C#N)c2)cc1. The molecule has 0 aliphatic carbocycles. The molecule has 0 spiro atoms. The average Bonchev–Trinajstić information content (AvgIpc) is 2.53. The van der Waals surface area contributed by atoms with E-state index < -0.39 is 0 Å². The molecule has 0 fully saturated rings. The first-order chi connectivity index (χ1) is 10.6. The molecule has 0 saturated carbocycles. The van der Waals surface area contributed by atoms with Crippen LogP contribution in [0.3, 0.4) is 0 Å². The van der Waals surface area contributed by atoms with E-state index in [1.54, 1.807) is 42.5 Å². The molecule has 5 nitrogen and oxygen atoms in total. The second-order valence-electron chi connectivity index (χ2n) is 4.75. The van der Waals surface area contributed by atoms with E-state index in [-0.39, 0.29) is 11.8 Å². The minimum absolute atomic E-state index is 0.158. The molecule has 0 aliphatic rings. The number of hydrogen-bond donors (Lipinski definition) is 2. The zero-order valence-electron chi connectivity index (χ0n) is 12.1. The maximum atomic E-state index is 12.0. The molecule has 0 aliphatic heterocycles. The first kappa shape index (κ1) is 15.3. The van der Waals surface area contributed by atoms with Crippen LogP contribution in [0.25, 0.3) is 0 Å². The molecule has 22 heavy (non-hydrogen) atoms. The predicted molar refractivity (Wildman–Crippen MR) is 83.1 cm³/mol. The Balaban J connectivity index is 1.97. The van der Waals surface area contributed by atoms with Gasteiger partial charge in [-0.1, -0.05) is 12.1 Å². The molecule has 2 aromatic carbocycles. The van der Waals surface area contributed by atoms with Crippen LogP contribution in [0.15, 0.2) is 48.5 Å². The topological polar surface area (TPSA) is 82.0 Å². The second-order valence-corrected chi connectivity index (χ2v) is 4.75. The van der Waals surface area contributed by atoms with Crippen LogP contribution in [-0.2, 0) is 11.3 Å². The summed E-state index contributed by atoms with van der Waals surface area (Å²) in [5.74, 6) is -0.369. The third-order valence-electron chi connectivity index (χ3n) is 2.98. The molecule has 0 bridgehead atoms. The summed E-state index contributed by atoms with van der Waals surface area (Å²) in [7, 11) is 0. The molecule has 0 saturated heterocycles. The number of nitrogens with zero attached hydrogens (tertiary/aromatic N) is 1. The molecule has 2 rings (SSSR count). The van der Waals surface area contributed by atoms with Gasteiger partial charge in [0.2, 0.25) is 5.91 Å². The quantitative estimate of drug-likeness (QED) is 0.908. The van der Waals surface area contributed by atoms with E-state index in [4.69, 9.17) is 5.26 Å². The number of nitriles is 1. The highest BCUT2D eigenvalue weighted by Crippen LogP contribution is 2.10. The van der Waals surface area contributed by atoms with Crippen LogP contribution in [0.4, 0.5) is 5.69 Å². The zero-order chi connectivity index (χ0) is 15.9. The Morgan fingerprint density at radius 1 is 1.14 bits per heavy atom. The van der Waals surface area contributed by atoms with E-state index in [0.29, 0.717) is 23.4 Å². The largest absolute Gasteiger partial charge is 0.348 e. The predicted octanol–water partition coefficient (Wildman–Crippen LogP) is 2.45. The van der Waals surface area contributed by atoms with Crippen molar-refractivity contribution in [2.24, 2.45) is 0 Å². The fourth-order valence-corrected chi connectivity index (χ4v) is 1.94. The van der Waals surface area contributed by atoms with Crippen molar-refractivity contribution in [3.8, 4) is 6.07 Å². The van der Waals surface area contributed by atoms with Crippen molar-refractivity contribution >= 4 is 17.5 Å². The number of amides is 2. The number of benzene rings is 2. The van der Waals surface area contributed by atoms with Crippen LogP contribution in [0.2, 0.25) is 0 Å². The third-order valence-corrected chi connectivity index (χ3v) is 2.98. The Morgan fingerprint density at radius 3 is 2.50 bits per heavy atom. The molecule has 0 aromatic heterocycles. The fraction of sp³-hybridized carbons (Fsp3) is 0.118. The van der Waals surface area contributed by atoms with Gasteiger partial charge in [-0.15, -0.1) is 0 Å². The molecular weight excluding hydrogens is 278 g/mol. The lowest BCUT2D eigenvalue weighted by atomic mass is 10.1. The highest BCUT2D eigenvalue weighted by Gasteiger charge is 2.06. The maximum absolute atomic E-state index is 12.0. The van der Waals surface area contributed by atoms with Crippen LogP contribution in [0.1, 0.15) is 28.4 Å². The van der Waals surface area contributed by atoms with Gasteiger partial charge in [-0.25, -0.2) is 0 Å². The molecule has 2 amide bonds. The smallest absolute Gasteiger partial charge is 0.251 e. The van der Waals surface area contributed by atoms with Gasteiger partial charge in [0.05, 0.1) is 11.6 Å². The van der Waals surface area contributed by atoms with Gasteiger partial charge in [-0.3, -0.25) is 9.59 Å². The average molecular weight is 293 g/mol. The standard InChI is InChI=1S/C17H15N3O2/c1-12(21)20-16-7-5-15(6-8-16)17(22)19-11-14-4-2-3-13(9-14)10-18/h2-9H,11H2,1H3,(H,19,22)(H,20,21). The van der Waals surface area contributed by atoms with E-state index in [2.05, 4.69) is 16.7 Å². The molecule has 2 aromatic rings. The van der Waals surface area contributed by atoms with Gasteiger partial charge in [0.1, 0.15) is 0 Å². The Morgan fingerprint density at radius 2 is 1.86 bits per heavy atom. The van der Waals surface area contributed by atoms with Crippen LogP contribution in [0, 0.1) is 11.3 Å². The second kappa shape index (κ2) is 7.04. The van der Waals surface area contributed by atoms with Gasteiger partial charge in [-0.05, 0) is 42.0 Å². The highest BCUT2D eigenvalue weighted by molar-refractivity contribution is 5.95. The van der Waals surface area contributed by atoms with Crippen LogP contribution >= 0.6 is 0 Å². The normalized spacial score (nSPS) is 9.64. The molecule has 0 atom stereocenters. The minimum atomic E-state index is -0.211. The lowest BCUT2D eigenvalue weighted by Gasteiger charge is -2.07. The van der Waals surface area contributed by atoms with Crippen molar-refractivity contribution in [3.63, 3.8) is 0 Å². The molecule has 0 radical (unpaired) electrons. The van der Waals surface area contributed by atoms with Gasteiger partial charge in [0.15, 0.2) is 0 Å². The fourth-order valence-electron chi connectivity index (χ4n) is 1.94. The van der Waals surface area contributed by atoms with Gasteiger partial charge < -0.3 is 10.6 Å². The summed E-state index contributed by atoms with van der Waals surface area (Å²) in [4.78, 5) is 23.0. The summed E-state index contributed by atoms with van der Waals surface area (Å²) in [6, 6.07) is 15.8. The molecule has 5 heteroatoms. The van der Waals surface area contributed by atoms with Crippen molar-refractivity contribution < 1.29 is 9.59 Å². The maximum Gasteiger partial charge on any atom is 0.251 e. The molecule has 110 valence electrons. The molecule has 2 N–H and O–H groups in total. The van der Waals surface area contributed by atoms with E-state index in [0.717, 1.165) is 5.56 Å². The number of carbonyl (C=O) groups is 2. The highest BCUT2D eigenvalue weighted by atomic mass is 16.2. The van der Waals surface area contributed by atoms with E-state index >= 15 is 0 Å². The summed E-state index contributed by atoms with van der Waals surface area (Å²) in [6.07, 6.45) is 0. The van der Waals surface area contributed by atoms with Gasteiger partial charge in [-0.2, -0.15) is 5.26 Å². The van der Waals surface area contributed by atoms with Crippen molar-refractivity contribution in [3.05, 3.63) is 65.2 Å². The van der Waals surface area contributed by atoms with Gasteiger partial charge >= 0.3 is 0 Å². The number of nitrogens with one attached hydrogen (secondary N) is 2. The number of carbonyl (C=O) groups excluding carboxylic acids is 2. The molecular formula is C17H15N3O2. The van der Waals surface area contributed by atoms with Gasteiger partial charge in [0, 0.05) is 24.7 Å². The van der Waals surface area contributed by atoms with E-state index in [1.807, 2.05) is 6.07 Å². The van der Waals surface area contributed by atoms with Crippen molar-refractivity contribution in [2.75, 3.05) is 5.32 Å². The van der Waals surface area contributed by atoms with Crippen molar-refractivity contribution in [1.29, 1.82) is 5.26 Å². The molecule has 0 heterocycles. The van der Waals surface area contributed by atoms with Gasteiger partial charge in [0.25, 0.3) is 5.91 Å². The Bertz CT molecular complexity index is 730. The molecule has 0 unspecified atom stereocenters. The van der Waals surface area contributed by atoms with Crippen LogP contribution < -0.4 is 10.6 Å². The Hall–Kier alpha value is -3.13. The van der Waals surface area contributed by atoms with E-state index in [1.165, 1.54) is 6.92 Å². The van der Waals surface area contributed by atoms with E-state index in [9.17, 15) is 9.59 Å². The summed E-state index contributed by atoms with van der Waals surface area (Å²) in [5, 5.41) is 14.3. The Labute approximate surface area is 128 Å². The Kier molecular flexibility index (Phi) is 4.89. The minimum Gasteiger partial charge on any atom is -0.348 e. The first-order valence-electron chi connectivity index (χ1n) is 6.73. The zero-order valence-corrected chi connectivity index (χ0v) is 12.1.